The highest BCUT2D eigenvalue weighted by atomic mass is 16.5. The normalized spacial score (nSPS) is 14.6. The van der Waals surface area contributed by atoms with E-state index in [1.807, 2.05) is 49.9 Å². The second-order valence-corrected chi connectivity index (χ2v) is 8.50. The summed E-state index contributed by atoms with van der Waals surface area (Å²) >= 11 is 0. The molecule has 1 aliphatic heterocycles. The lowest BCUT2D eigenvalue weighted by atomic mass is 9.90. The van der Waals surface area contributed by atoms with Crippen LogP contribution in [-0.2, 0) is 13.0 Å². The average molecular weight is 419 g/mol. The molecular weight excluding hydrogens is 388 g/mol. The number of carbonyl (C=O) groups is 1. The average Bonchev–Trinajstić information content (AvgIpc) is 3.14. The van der Waals surface area contributed by atoms with Crippen molar-refractivity contribution >= 4 is 5.91 Å². The number of ether oxygens (including phenoxy) is 1. The van der Waals surface area contributed by atoms with Crippen LogP contribution in [0.3, 0.4) is 0 Å². The van der Waals surface area contributed by atoms with Gasteiger partial charge < -0.3 is 14.2 Å². The van der Waals surface area contributed by atoms with Crippen molar-refractivity contribution in [1.82, 2.24) is 10.1 Å². The van der Waals surface area contributed by atoms with Gasteiger partial charge in [-0.3, -0.25) is 4.79 Å². The number of piperidine rings is 1. The third kappa shape index (κ3) is 4.82. The standard InChI is InChI=1S/C26H30N2O3/c1-18-8-7-9-19(2)25(18)30-17-23-20(3)31-27-24(23)26(29)28-14-12-22(13-15-28)16-21-10-5-4-6-11-21/h4-11,22H,12-17H2,1-3H3. The van der Waals surface area contributed by atoms with Gasteiger partial charge in [-0.25, -0.2) is 0 Å². The molecule has 31 heavy (non-hydrogen) atoms. The van der Waals surface area contributed by atoms with Crippen molar-refractivity contribution in [3.63, 3.8) is 0 Å². The van der Waals surface area contributed by atoms with E-state index in [0.29, 0.717) is 17.4 Å². The zero-order valence-corrected chi connectivity index (χ0v) is 18.6. The number of aromatic nitrogens is 1. The number of carbonyl (C=O) groups excluding carboxylic acids is 1. The van der Waals surface area contributed by atoms with Crippen molar-refractivity contribution in [3.05, 3.63) is 82.2 Å². The van der Waals surface area contributed by atoms with Gasteiger partial charge in [0.05, 0.1) is 5.56 Å². The van der Waals surface area contributed by atoms with Crippen LogP contribution >= 0.6 is 0 Å². The molecule has 0 spiro atoms. The summed E-state index contributed by atoms with van der Waals surface area (Å²) in [5.41, 5.74) is 4.62. The van der Waals surface area contributed by atoms with Crippen molar-refractivity contribution in [3.8, 4) is 5.75 Å². The smallest absolute Gasteiger partial charge is 0.276 e. The van der Waals surface area contributed by atoms with Crippen LogP contribution < -0.4 is 4.74 Å². The molecule has 1 aromatic heterocycles. The number of para-hydroxylation sites is 1. The van der Waals surface area contributed by atoms with Crippen LogP contribution in [0.15, 0.2) is 53.1 Å². The maximum Gasteiger partial charge on any atom is 0.276 e. The van der Waals surface area contributed by atoms with E-state index >= 15 is 0 Å². The maximum atomic E-state index is 13.2. The minimum Gasteiger partial charge on any atom is -0.488 e. The number of nitrogens with zero attached hydrogens (tertiary/aromatic N) is 2. The molecule has 5 heteroatoms. The van der Waals surface area contributed by atoms with Crippen LogP contribution in [0, 0.1) is 26.7 Å². The summed E-state index contributed by atoms with van der Waals surface area (Å²) in [7, 11) is 0. The number of benzene rings is 2. The van der Waals surface area contributed by atoms with E-state index in [9.17, 15) is 4.79 Å². The lowest BCUT2D eigenvalue weighted by molar-refractivity contribution is 0.0677. The molecule has 4 rings (SSSR count). The molecule has 3 aromatic rings. The van der Waals surface area contributed by atoms with Gasteiger partial charge in [0, 0.05) is 13.1 Å². The van der Waals surface area contributed by atoms with Gasteiger partial charge in [0.2, 0.25) is 0 Å². The van der Waals surface area contributed by atoms with E-state index < -0.39 is 0 Å². The number of hydrogen-bond acceptors (Lipinski definition) is 4. The van der Waals surface area contributed by atoms with E-state index in [1.54, 1.807) is 0 Å². The number of rotatable bonds is 6. The van der Waals surface area contributed by atoms with Crippen molar-refractivity contribution in [2.24, 2.45) is 5.92 Å². The predicted octanol–water partition coefficient (Wildman–Crippen LogP) is 5.27. The predicted molar refractivity (Wildman–Crippen MR) is 120 cm³/mol. The Balaban J connectivity index is 1.39. The molecule has 2 heterocycles. The van der Waals surface area contributed by atoms with Crippen LogP contribution in [0.25, 0.3) is 0 Å². The van der Waals surface area contributed by atoms with Crippen LogP contribution in [0.2, 0.25) is 0 Å². The summed E-state index contributed by atoms with van der Waals surface area (Å²) in [4.78, 5) is 15.1. The van der Waals surface area contributed by atoms with Crippen molar-refractivity contribution < 1.29 is 14.1 Å². The van der Waals surface area contributed by atoms with E-state index in [1.165, 1.54) is 5.56 Å². The highest BCUT2D eigenvalue weighted by molar-refractivity contribution is 5.93. The molecule has 0 atom stereocenters. The Morgan fingerprint density at radius 3 is 2.39 bits per heavy atom. The van der Waals surface area contributed by atoms with Crippen molar-refractivity contribution in [2.75, 3.05) is 13.1 Å². The molecule has 0 unspecified atom stereocenters. The summed E-state index contributed by atoms with van der Waals surface area (Å²) in [6, 6.07) is 16.6. The van der Waals surface area contributed by atoms with Gasteiger partial charge in [-0.2, -0.15) is 0 Å². The zero-order valence-electron chi connectivity index (χ0n) is 18.6. The Morgan fingerprint density at radius 1 is 1.03 bits per heavy atom. The van der Waals surface area contributed by atoms with Crippen LogP contribution in [0.5, 0.6) is 5.75 Å². The fourth-order valence-electron chi connectivity index (χ4n) is 4.34. The van der Waals surface area contributed by atoms with Gasteiger partial charge in [-0.15, -0.1) is 0 Å². The SMILES string of the molecule is Cc1cccc(C)c1OCc1c(C(=O)N2CCC(Cc3ccccc3)CC2)noc1C. The fraction of sp³-hybridized carbons (Fsp3) is 0.385. The van der Waals surface area contributed by atoms with Gasteiger partial charge in [0.1, 0.15) is 18.1 Å². The first-order valence-electron chi connectivity index (χ1n) is 11.0. The highest BCUT2D eigenvalue weighted by Crippen LogP contribution is 2.27. The lowest BCUT2D eigenvalue weighted by Crippen LogP contribution is -2.39. The van der Waals surface area contributed by atoms with E-state index in [2.05, 4.69) is 29.4 Å². The first-order valence-corrected chi connectivity index (χ1v) is 11.0. The molecule has 5 nitrogen and oxygen atoms in total. The second kappa shape index (κ2) is 9.38. The Morgan fingerprint density at radius 2 is 1.71 bits per heavy atom. The van der Waals surface area contributed by atoms with Gasteiger partial charge in [0.15, 0.2) is 5.69 Å². The largest absolute Gasteiger partial charge is 0.488 e. The summed E-state index contributed by atoms with van der Waals surface area (Å²) in [5.74, 6) is 2.03. The van der Waals surface area contributed by atoms with Crippen LogP contribution in [0.1, 0.15) is 51.3 Å². The van der Waals surface area contributed by atoms with Crippen molar-refractivity contribution in [1.29, 1.82) is 0 Å². The van der Waals surface area contributed by atoms with Gasteiger partial charge >= 0.3 is 0 Å². The molecule has 0 radical (unpaired) electrons. The maximum absolute atomic E-state index is 13.2. The third-order valence-corrected chi connectivity index (χ3v) is 6.23. The van der Waals surface area contributed by atoms with E-state index in [-0.39, 0.29) is 12.5 Å². The quantitative estimate of drug-likeness (QED) is 0.547. The number of aryl methyl sites for hydroxylation is 3. The van der Waals surface area contributed by atoms with E-state index in [0.717, 1.165) is 54.8 Å². The summed E-state index contributed by atoms with van der Waals surface area (Å²) < 4.78 is 11.5. The minimum atomic E-state index is -0.0601. The molecule has 0 aliphatic carbocycles. The zero-order chi connectivity index (χ0) is 21.8. The summed E-state index contributed by atoms with van der Waals surface area (Å²) in [5, 5.41) is 4.09. The molecule has 1 amide bonds. The topological polar surface area (TPSA) is 55.6 Å². The van der Waals surface area contributed by atoms with Gasteiger partial charge in [-0.1, -0.05) is 53.7 Å². The first-order chi connectivity index (χ1) is 15.0. The van der Waals surface area contributed by atoms with Gasteiger partial charge in [-0.05, 0) is 62.6 Å². The van der Waals surface area contributed by atoms with Crippen LogP contribution in [-0.4, -0.2) is 29.1 Å². The summed E-state index contributed by atoms with van der Waals surface area (Å²) in [6.07, 6.45) is 3.08. The Bertz CT molecular complexity index is 1010. The molecule has 0 saturated carbocycles. The molecular formula is C26H30N2O3. The van der Waals surface area contributed by atoms with E-state index in [4.69, 9.17) is 9.26 Å². The lowest BCUT2D eigenvalue weighted by Gasteiger charge is -2.31. The Hall–Kier alpha value is -3.08. The summed E-state index contributed by atoms with van der Waals surface area (Å²) in [6.45, 7) is 7.65. The monoisotopic (exact) mass is 418 g/mol. The number of likely N-dealkylation sites (tertiary alicyclic amines) is 1. The molecule has 0 bridgehead atoms. The molecule has 1 saturated heterocycles. The second-order valence-electron chi connectivity index (χ2n) is 8.50. The molecule has 2 aromatic carbocycles. The van der Waals surface area contributed by atoms with Crippen LogP contribution in [0.4, 0.5) is 0 Å². The third-order valence-electron chi connectivity index (χ3n) is 6.23. The first kappa shape index (κ1) is 21.2. The van der Waals surface area contributed by atoms with Gasteiger partial charge in [0.25, 0.3) is 5.91 Å². The highest BCUT2D eigenvalue weighted by Gasteiger charge is 2.28. The Kier molecular flexibility index (Phi) is 6.40. The number of hydrogen-bond donors (Lipinski definition) is 0. The molecule has 1 fully saturated rings. The molecule has 162 valence electrons. The Labute approximate surface area is 184 Å². The minimum absolute atomic E-state index is 0.0601. The number of amides is 1. The molecule has 0 N–H and O–H groups in total. The fourth-order valence-corrected chi connectivity index (χ4v) is 4.34. The van der Waals surface area contributed by atoms with Crippen molar-refractivity contribution in [2.45, 2.75) is 46.6 Å². The molecule has 1 aliphatic rings.